The highest BCUT2D eigenvalue weighted by atomic mass is 16.5. The molecule has 0 saturated carbocycles. The first-order valence-electron chi connectivity index (χ1n) is 10.2. The molecule has 3 rings (SSSR count). The third kappa shape index (κ3) is 5.56. The number of nitrogens with one attached hydrogen (secondary N) is 1. The van der Waals surface area contributed by atoms with Crippen LogP contribution >= 0.6 is 0 Å². The van der Waals surface area contributed by atoms with E-state index in [9.17, 15) is 0 Å². The number of hydrogen-bond donors (Lipinski definition) is 1. The number of likely N-dealkylation sites (tertiary alicyclic amines) is 1. The van der Waals surface area contributed by atoms with Gasteiger partial charge in [0.15, 0.2) is 5.96 Å². The van der Waals surface area contributed by atoms with Crippen molar-refractivity contribution in [2.45, 2.75) is 38.8 Å². The topological polar surface area (TPSA) is 62.2 Å². The van der Waals surface area contributed by atoms with E-state index in [-0.39, 0.29) is 0 Å². The minimum absolute atomic E-state index is 0.596. The summed E-state index contributed by atoms with van der Waals surface area (Å²) in [6, 6.07) is 4.62. The SMILES string of the molecule is CCCCOc1ncccc1CNC(=NC)N1CCC(N2CCOCC2)C1. The second-order valence-electron chi connectivity index (χ2n) is 7.11. The number of aliphatic imine (C=N–C) groups is 1. The molecule has 3 heterocycles. The van der Waals surface area contributed by atoms with Gasteiger partial charge in [-0.05, 0) is 18.9 Å². The summed E-state index contributed by atoms with van der Waals surface area (Å²) in [5, 5.41) is 3.49. The summed E-state index contributed by atoms with van der Waals surface area (Å²) in [6.07, 6.45) is 5.13. The molecule has 27 heavy (non-hydrogen) atoms. The van der Waals surface area contributed by atoms with Crippen molar-refractivity contribution in [3.8, 4) is 5.88 Å². The van der Waals surface area contributed by atoms with Crippen LogP contribution in [-0.4, -0.2) is 79.8 Å². The monoisotopic (exact) mass is 375 g/mol. The Labute approximate surface area is 162 Å². The van der Waals surface area contributed by atoms with E-state index in [1.807, 2.05) is 13.1 Å². The van der Waals surface area contributed by atoms with E-state index >= 15 is 0 Å². The van der Waals surface area contributed by atoms with Gasteiger partial charge in [0.1, 0.15) is 0 Å². The van der Waals surface area contributed by atoms with Crippen LogP contribution in [0.2, 0.25) is 0 Å². The Bertz CT molecular complexity index is 604. The molecule has 2 fully saturated rings. The fourth-order valence-corrected chi connectivity index (χ4v) is 3.68. The second kappa shape index (κ2) is 10.5. The van der Waals surface area contributed by atoms with E-state index < -0.39 is 0 Å². The van der Waals surface area contributed by atoms with Gasteiger partial charge < -0.3 is 19.7 Å². The van der Waals surface area contributed by atoms with Crippen molar-refractivity contribution < 1.29 is 9.47 Å². The number of nitrogens with zero attached hydrogens (tertiary/aromatic N) is 4. The molecule has 1 N–H and O–H groups in total. The van der Waals surface area contributed by atoms with Gasteiger partial charge >= 0.3 is 0 Å². The van der Waals surface area contributed by atoms with Gasteiger partial charge in [-0.3, -0.25) is 9.89 Å². The highest BCUT2D eigenvalue weighted by Gasteiger charge is 2.30. The lowest BCUT2D eigenvalue weighted by Gasteiger charge is -2.32. The van der Waals surface area contributed by atoms with Crippen LogP contribution in [0, 0.1) is 0 Å². The number of aromatic nitrogens is 1. The summed E-state index contributed by atoms with van der Waals surface area (Å²) in [5.74, 6) is 1.68. The minimum Gasteiger partial charge on any atom is -0.477 e. The molecule has 0 bridgehead atoms. The van der Waals surface area contributed by atoms with E-state index in [0.717, 1.165) is 69.6 Å². The number of hydrogen-bond acceptors (Lipinski definition) is 5. The average Bonchev–Trinajstić information content (AvgIpc) is 3.20. The Hall–Kier alpha value is -1.86. The highest BCUT2D eigenvalue weighted by molar-refractivity contribution is 5.80. The summed E-state index contributed by atoms with van der Waals surface area (Å²) >= 11 is 0. The van der Waals surface area contributed by atoms with E-state index in [4.69, 9.17) is 9.47 Å². The Morgan fingerprint density at radius 3 is 3.00 bits per heavy atom. The number of morpholine rings is 1. The number of guanidine groups is 1. The van der Waals surface area contributed by atoms with Crippen LogP contribution in [0.3, 0.4) is 0 Å². The van der Waals surface area contributed by atoms with Gasteiger partial charge in [-0.15, -0.1) is 0 Å². The van der Waals surface area contributed by atoms with Crippen molar-refractivity contribution in [3.63, 3.8) is 0 Å². The van der Waals surface area contributed by atoms with E-state index in [1.54, 1.807) is 6.20 Å². The maximum Gasteiger partial charge on any atom is 0.218 e. The van der Waals surface area contributed by atoms with Crippen molar-refractivity contribution in [1.29, 1.82) is 0 Å². The zero-order chi connectivity index (χ0) is 18.9. The molecule has 1 aromatic heterocycles. The average molecular weight is 376 g/mol. The Kier molecular flexibility index (Phi) is 7.71. The number of pyridine rings is 1. The van der Waals surface area contributed by atoms with Crippen molar-refractivity contribution in [2.24, 2.45) is 4.99 Å². The third-order valence-corrected chi connectivity index (χ3v) is 5.26. The predicted molar refractivity (Wildman–Crippen MR) is 107 cm³/mol. The lowest BCUT2D eigenvalue weighted by molar-refractivity contribution is 0.0195. The van der Waals surface area contributed by atoms with E-state index in [2.05, 4.69) is 38.1 Å². The first-order valence-corrected chi connectivity index (χ1v) is 10.2. The Balaban J connectivity index is 1.52. The van der Waals surface area contributed by atoms with E-state index in [1.165, 1.54) is 6.42 Å². The molecular formula is C20H33N5O2. The standard InChI is InChI=1S/C20H33N5O2/c1-3-4-12-27-19-17(6-5-8-22-19)15-23-20(21-2)25-9-7-18(16-25)24-10-13-26-14-11-24/h5-6,8,18H,3-4,7,9-16H2,1-2H3,(H,21,23). The van der Waals surface area contributed by atoms with Gasteiger partial charge in [0.2, 0.25) is 5.88 Å². The van der Waals surface area contributed by atoms with Crippen LogP contribution < -0.4 is 10.1 Å². The van der Waals surface area contributed by atoms with Crippen LogP contribution in [0.25, 0.3) is 0 Å². The molecule has 150 valence electrons. The van der Waals surface area contributed by atoms with Crippen molar-refractivity contribution in [1.82, 2.24) is 20.1 Å². The lowest BCUT2D eigenvalue weighted by Crippen LogP contribution is -2.46. The minimum atomic E-state index is 0.596. The molecule has 2 saturated heterocycles. The number of unbranched alkanes of at least 4 members (excludes halogenated alkanes) is 1. The first-order chi connectivity index (χ1) is 13.3. The number of ether oxygens (including phenoxy) is 2. The molecule has 2 aliphatic heterocycles. The molecule has 1 aromatic rings. The third-order valence-electron chi connectivity index (χ3n) is 5.26. The summed E-state index contributed by atoms with van der Waals surface area (Å²) < 4.78 is 11.3. The summed E-state index contributed by atoms with van der Waals surface area (Å²) in [7, 11) is 1.85. The lowest BCUT2D eigenvalue weighted by atomic mass is 10.2. The van der Waals surface area contributed by atoms with Crippen LogP contribution in [0.4, 0.5) is 0 Å². The summed E-state index contributed by atoms with van der Waals surface area (Å²) in [6.45, 7) is 9.38. The fraction of sp³-hybridized carbons (Fsp3) is 0.700. The van der Waals surface area contributed by atoms with Gasteiger partial charge in [-0.2, -0.15) is 0 Å². The van der Waals surface area contributed by atoms with Crippen molar-refractivity contribution >= 4 is 5.96 Å². The van der Waals surface area contributed by atoms with Crippen LogP contribution in [0.5, 0.6) is 5.88 Å². The van der Waals surface area contributed by atoms with Gasteiger partial charge in [0.25, 0.3) is 0 Å². The van der Waals surface area contributed by atoms with Crippen LogP contribution in [0.15, 0.2) is 23.3 Å². The maximum atomic E-state index is 5.84. The maximum absolute atomic E-state index is 5.84. The van der Waals surface area contributed by atoms with E-state index in [0.29, 0.717) is 19.2 Å². The normalized spacial score (nSPS) is 21.5. The first kappa shape index (κ1) is 19.9. The highest BCUT2D eigenvalue weighted by Crippen LogP contribution is 2.18. The molecule has 0 aromatic carbocycles. The predicted octanol–water partition coefficient (Wildman–Crippen LogP) is 1.74. The molecule has 7 nitrogen and oxygen atoms in total. The zero-order valence-electron chi connectivity index (χ0n) is 16.7. The molecule has 1 unspecified atom stereocenters. The molecule has 0 spiro atoms. The summed E-state index contributed by atoms with van der Waals surface area (Å²) in [5.41, 5.74) is 1.07. The zero-order valence-corrected chi connectivity index (χ0v) is 16.7. The van der Waals surface area contributed by atoms with Crippen molar-refractivity contribution in [3.05, 3.63) is 23.9 Å². The molecular weight excluding hydrogens is 342 g/mol. The quantitative estimate of drug-likeness (QED) is 0.445. The molecule has 1 atom stereocenters. The largest absolute Gasteiger partial charge is 0.477 e. The van der Waals surface area contributed by atoms with Crippen LogP contribution in [-0.2, 0) is 11.3 Å². The molecule has 0 amide bonds. The smallest absolute Gasteiger partial charge is 0.218 e. The molecule has 7 heteroatoms. The Morgan fingerprint density at radius 1 is 1.37 bits per heavy atom. The van der Waals surface area contributed by atoms with Gasteiger partial charge in [0.05, 0.1) is 19.8 Å². The molecule has 2 aliphatic rings. The Morgan fingerprint density at radius 2 is 2.22 bits per heavy atom. The molecule has 0 radical (unpaired) electrons. The molecule has 0 aliphatic carbocycles. The van der Waals surface area contributed by atoms with Gasteiger partial charge in [0, 0.05) is 57.6 Å². The second-order valence-corrected chi connectivity index (χ2v) is 7.11. The number of rotatable bonds is 7. The van der Waals surface area contributed by atoms with Gasteiger partial charge in [-0.1, -0.05) is 19.4 Å². The van der Waals surface area contributed by atoms with Gasteiger partial charge in [-0.25, -0.2) is 4.98 Å². The van der Waals surface area contributed by atoms with Crippen molar-refractivity contribution in [2.75, 3.05) is 53.0 Å². The van der Waals surface area contributed by atoms with Crippen LogP contribution in [0.1, 0.15) is 31.7 Å². The summed E-state index contributed by atoms with van der Waals surface area (Å²) in [4.78, 5) is 13.8. The fourth-order valence-electron chi connectivity index (χ4n) is 3.68.